The van der Waals surface area contributed by atoms with Gasteiger partial charge in [-0.15, -0.1) is 0 Å². The van der Waals surface area contributed by atoms with Gasteiger partial charge in [-0.2, -0.15) is 0 Å². The fourth-order valence-corrected chi connectivity index (χ4v) is 2.03. The fraction of sp³-hybridized carbons (Fsp3) is 0.733. The standard InChI is InChI=1S/C15H27N3/c1-3-4-5-6-7-8-9-11-16-13-15-10-12-17-14(2)18-15/h10,12,16H,3-9,11,13H2,1-2H3. The lowest BCUT2D eigenvalue weighted by Gasteiger charge is -2.05. The Morgan fingerprint density at radius 3 is 2.50 bits per heavy atom. The van der Waals surface area contributed by atoms with Crippen molar-refractivity contribution < 1.29 is 0 Å². The Hall–Kier alpha value is -0.960. The van der Waals surface area contributed by atoms with Crippen LogP contribution in [0.4, 0.5) is 0 Å². The highest BCUT2D eigenvalue weighted by molar-refractivity contribution is 5.00. The average molecular weight is 249 g/mol. The van der Waals surface area contributed by atoms with Crippen LogP contribution < -0.4 is 5.32 Å². The van der Waals surface area contributed by atoms with Crippen LogP contribution in [0.2, 0.25) is 0 Å². The molecule has 0 spiro atoms. The van der Waals surface area contributed by atoms with Crippen LogP contribution in [0.15, 0.2) is 12.3 Å². The third-order valence-electron chi connectivity index (χ3n) is 3.10. The molecule has 0 fully saturated rings. The smallest absolute Gasteiger partial charge is 0.125 e. The summed E-state index contributed by atoms with van der Waals surface area (Å²) in [7, 11) is 0. The molecular formula is C15H27N3. The van der Waals surface area contributed by atoms with Gasteiger partial charge in [-0.25, -0.2) is 9.97 Å². The van der Waals surface area contributed by atoms with E-state index in [1.807, 2.05) is 19.2 Å². The van der Waals surface area contributed by atoms with Crippen LogP contribution in [-0.4, -0.2) is 16.5 Å². The summed E-state index contributed by atoms with van der Waals surface area (Å²) in [6.45, 7) is 6.15. The first-order valence-electron chi connectivity index (χ1n) is 7.32. The van der Waals surface area contributed by atoms with E-state index in [0.717, 1.165) is 24.6 Å². The Kier molecular flexibility index (Phi) is 8.40. The quantitative estimate of drug-likeness (QED) is 0.643. The molecule has 3 nitrogen and oxygen atoms in total. The van der Waals surface area contributed by atoms with E-state index in [9.17, 15) is 0 Å². The molecule has 0 aromatic carbocycles. The van der Waals surface area contributed by atoms with Crippen molar-refractivity contribution >= 4 is 0 Å². The van der Waals surface area contributed by atoms with Gasteiger partial charge in [0, 0.05) is 12.7 Å². The van der Waals surface area contributed by atoms with E-state index in [0.29, 0.717) is 0 Å². The fourth-order valence-electron chi connectivity index (χ4n) is 2.03. The first-order valence-corrected chi connectivity index (χ1v) is 7.32. The Morgan fingerprint density at radius 1 is 1.06 bits per heavy atom. The summed E-state index contributed by atoms with van der Waals surface area (Å²) < 4.78 is 0. The van der Waals surface area contributed by atoms with E-state index in [-0.39, 0.29) is 0 Å². The van der Waals surface area contributed by atoms with E-state index in [1.165, 1.54) is 44.9 Å². The van der Waals surface area contributed by atoms with Crippen molar-refractivity contribution in [3.05, 3.63) is 23.8 Å². The molecule has 102 valence electrons. The molecule has 1 rings (SSSR count). The van der Waals surface area contributed by atoms with E-state index in [1.54, 1.807) is 0 Å². The maximum Gasteiger partial charge on any atom is 0.125 e. The normalized spacial score (nSPS) is 10.8. The minimum atomic E-state index is 0.852. The Labute approximate surface area is 111 Å². The molecule has 18 heavy (non-hydrogen) atoms. The third-order valence-corrected chi connectivity index (χ3v) is 3.10. The largest absolute Gasteiger partial charge is 0.311 e. The molecule has 1 heterocycles. The molecule has 0 radical (unpaired) electrons. The van der Waals surface area contributed by atoms with E-state index in [2.05, 4.69) is 22.2 Å². The van der Waals surface area contributed by atoms with Crippen LogP contribution in [0.3, 0.4) is 0 Å². The van der Waals surface area contributed by atoms with Gasteiger partial charge >= 0.3 is 0 Å². The van der Waals surface area contributed by atoms with Crippen molar-refractivity contribution in [1.29, 1.82) is 0 Å². The molecule has 0 aliphatic heterocycles. The predicted molar refractivity (Wildman–Crippen MR) is 76.5 cm³/mol. The second-order valence-electron chi connectivity index (χ2n) is 4.89. The number of hydrogen-bond donors (Lipinski definition) is 1. The molecule has 0 aliphatic carbocycles. The van der Waals surface area contributed by atoms with Gasteiger partial charge in [-0.3, -0.25) is 0 Å². The summed E-state index contributed by atoms with van der Waals surface area (Å²) >= 11 is 0. The maximum atomic E-state index is 4.37. The molecule has 0 atom stereocenters. The van der Waals surface area contributed by atoms with Crippen LogP contribution >= 0.6 is 0 Å². The molecule has 0 aliphatic rings. The molecule has 1 N–H and O–H groups in total. The van der Waals surface area contributed by atoms with Crippen molar-refractivity contribution in [1.82, 2.24) is 15.3 Å². The zero-order chi connectivity index (χ0) is 13.1. The number of nitrogens with zero attached hydrogens (tertiary/aromatic N) is 2. The highest BCUT2D eigenvalue weighted by Crippen LogP contribution is 2.06. The molecular weight excluding hydrogens is 222 g/mol. The van der Waals surface area contributed by atoms with Gasteiger partial charge in [0.15, 0.2) is 0 Å². The summed E-state index contributed by atoms with van der Waals surface area (Å²) in [5.41, 5.74) is 1.09. The van der Waals surface area contributed by atoms with Gasteiger partial charge in [0.2, 0.25) is 0 Å². The topological polar surface area (TPSA) is 37.8 Å². The van der Waals surface area contributed by atoms with E-state index < -0.39 is 0 Å². The molecule has 1 aromatic rings. The van der Waals surface area contributed by atoms with E-state index in [4.69, 9.17) is 0 Å². The molecule has 1 aromatic heterocycles. The SMILES string of the molecule is CCCCCCCCCNCc1ccnc(C)n1. The second-order valence-corrected chi connectivity index (χ2v) is 4.89. The second kappa shape index (κ2) is 10.0. The van der Waals surface area contributed by atoms with Crippen molar-refractivity contribution in [3.8, 4) is 0 Å². The van der Waals surface area contributed by atoms with Gasteiger partial charge < -0.3 is 5.32 Å². The number of unbranched alkanes of at least 4 members (excludes halogenated alkanes) is 6. The molecule has 0 amide bonds. The third kappa shape index (κ3) is 7.38. The number of aromatic nitrogens is 2. The predicted octanol–water partition coefficient (Wildman–Crippen LogP) is 3.63. The maximum absolute atomic E-state index is 4.37. The number of rotatable bonds is 10. The Bertz CT molecular complexity index is 312. The zero-order valence-corrected chi connectivity index (χ0v) is 11.9. The van der Waals surface area contributed by atoms with Crippen LogP contribution in [0.5, 0.6) is 0 Å². The van der Waals surface area contributed by atoms with Crippen LogP contribution in [-0.2, 0) is 6.54 Å². The zero-order valence-electron chi connectivity index (χ0n) is 11.9. The lowest BCUT2D eigenvalue weighted by atomic mass is 10.1. The van der Waals surface area contributed by atoms with E-state index >= 15 is 0 Å². The lowest BCUT2D eigenvalue weighted by Crippen LogP contribution is -2.15. The monoisotopic (exact) mass is 249 g/mol. The van der Waals surface area contributed by atoms with Crippen molar-refractivity contribution in [3.63, 3.8) is 0 Å². The highest BCUT2D eigenvalue weighted by Gasteiger charge is 1.95. The first kappa shape index (κ1) is 15.1. The van der Waals surface area contributed by atoms with Gasteiger partial charge in [0.1, 0.15) is 5.82 Å². The summed E-state index contributed by atoms with van der Waals surface area (Å²) in [6.07, 6.45) is 11.4. The summed E-state index contributed by atoms with van der Waals surface area (Å²) in [5.74, 6) is 0.852. The minimum absolute atomic E-state index is 0.852. The van der Waals surface area contributed by atoms with Crippen LogP contribution in [0.25, 0.3) is 0 Å². The molecule has 0 saturated carbocycles. The van der Waals surface area contributed by atoms with Crippen molar-refractivity contribution in [2.45, 2.75) is 65.3 Å². The lowest BCUT2D eigenvalue weighted by molar-refractivity contribution is 0.560. The summed E-state index contributed by atoms with van der Waals surface area (Å²) in [6, 6.07) is 1.98. The molecule has 0 unspecified atom stereocenters. The van der Waals surface area contributed by atoms with Gasteiger partial charge in [0.05, 0.1) is 5.69 Å². The van der Waals surface area contributed by atoms with Crippen LogP contribution in [0.1, 0.15) is 63.4 Å². The molecule has 0 saturated heterocycles. The highest BCUT2D eigenvalue weighted by atomic mass is 14.9. The summed E-state index contributed by atoms with van der Waals surface area (Å²) in [5, 5.41) is 3.44. The molecule has 0 bridgehead atoms. The Morgan fingerprint density at radius 2 is 1.78 bits per heavy atom. The Balaban J connectivity index is 1.92. The minimum Gasteiger partial charge on any atom is -0.311 e. The first-order chi connectivity index (χ1) is 8.83. The van der Waals surface area contributed by atoms with Gasteiger partial charge in [-0.1, -0.05) is 45.4 Å². The summed E-state index contributed by atoms with van der Waals surface area (Å²) in [4.78, 5) is 8.46. The van der Waals surface area contributed by atoms with Gasteiger partial charge in [0.25, 0.3) is 0 Å². The number of aryl methyl sites for hydroxylation is 1. The number of nitrogens with one attached hydrogen (secondary N) is 1. The van der Waals surface area contributed by atoms with Crippen molar-refractivity contribution in [2.24, 2.45) is 0 Å². The van der Waals surface area contributed by atoms with Crippen LogP contribution in [0, 0.1) is 6.92 Å². The van der Waals surface area contributed by atoms with Crippen molar-refractivity contribution in [2.75, 3.05) is 6.54 Å². The molecule has 3 heteroatoms. The average Bonchev–Trinajstić information content (AvgIpc) is 2.37. The number of hydrogen-bond acceptors (Lipinski definition) is 3. The van der Waals surface area contributed by atoms with Gasteiger partial charge in [-0.05, 0) is 26.0 Å².